The zero-order valence-corrected chi connectivity index (χ0v) is 90.3. The first-order valence-corrected chi connectivity index (χ1v) is 55.8. The molecule has 146 heavy (non-hydrogen) atoms. The molecule has 0 aromatic heterocycles. The van der Waals surface area contributed by atoms with E-state index in [1.165, 1.54) is 149 Å². The number of rotatable bonds is 16. The van der Waals surface area contributed by atoms with E-state index in [4.69, 9.17) is 35.6 Å². The van der Waals surface area contributed by atoms with Gasteiger partial charge in [-0.2, -0.15) is 0 Å². The summed E-state index contributed by atoms with van der Waals surface area (Å²) in [4.78, 5) is 74.5. The molecule has 0 spiro atoms. The van der Waals surface area contributed by atoms with E-state index in [9.17, 15) is 24.0 Å². The number of nitrogens with one attached hydrogen (secondary N) is 6. The van der Waals surface area contributed by atoms with Crippen LogP contribution in [0.3, 0.4) is 0 Å². The highest BCUT2D eigenvalue weighted by atomic mass is 16.6. The van der Waals surface area contributed by atoms with Gasteiger partial charge in [0, 0.05) is 178 Å². The van der Waals surface area contributed by atoms with Crippen molar-refractivity contribution in [2.24, 2.45) is 111 Å². The van der Waals surface area contributed by atoms with Crippen LogP contribution in [0, 0.1) is 94.7 Å². The Morgan fingerprint density at radius 1 is 0.295 bits per heavy atom. The molecule has 22 rings (SSSR count). The normalized spacial score (nSPS) is 30.2. The second kappa shape index (κ2) is 54.2. The number of hydrogen-bond donors (Lipinski definition) is 9. The lowest BCUT2D eigenvalue weighted by Gasteiger charge is -2.38. The highest BCUT2D eigenvalue weighted by Crippen LogP contribution is 2.44. The van der Waals surface area contributed by atoms with E-state index in [-0.39, 0.29) is 43.9 Å². The predicted octanol–water partition coefficient (Wildman–Crippen LogP) is 19.7. The number of carbonyl (C=O) groups is 5. The Morgan fingerprint density at radius 2 is 0.473 bits per heavy atom. The van der Waals surface area contributed by atoms with E-state index < -0.39 is 22.4 Å². The van der Waals surface area contributed by atoms with Crippen molar-refractivity contribution in [1.29, 1.82) is 0 Å². The lowest BCUT2D eigenvalue weighted by molar-refractivity contribution is -0.127. The summed E-state index contributed by atoms with van der Waals surface area (Å²) in [6, 6.07) is 66.1. The first kappa shape index (κ1) is 114. The fourth-order valence-electron chi connectivity index (χ4n) is 26.4. The third-order valence-electron chi connectivity index (χ3n) is 32.9. The van der Waals surface area contributed by atoms with E-state index in [0.717, 1.165) is 160 Å². The maximum atomic E-state index is 12.1. The van der Waals surface area contributed by atoms with Crippen molar-refractivity contribution < 1.29 is 48.1 Å². The summed E-state index contributed by atoms with van der Waals surface area (Å²) in [6.45, 7) is 50.2. The summed E-state index contributed by atoms with van der Waals surface area (Å²) in [5.41, 5.74) is 20.1. The average Bonchev–Trinajstić information content (AvgIpc) is 1.62. The number of Topliss-reactive ketones (excluding diaryl/α,β-unsaturated/α-hetero) is 1. The average molecular weight is 2010 g/mol. The van der Waals surface area contributed by atoms with Crippen LogP contribution in [0.15, 0.2) is 187 Å². The summed E-state index contributed by atoms with van der Waals surface area (Å²) in [5.74, 6) is 9.73. The molecule has 25 heteroatoms. The molecule has 4 amide bonds. The van der Waals surface area contributed by atoms with Crippen LogP contribution in [0.5, 0.6) is 0 Å². The Balaban J connectivity index is 0.000000140. The molecule has 25 nitrogen and oxygen atoms in total. The van der Waals surface area contributed by atoms with E-state index in [1.807, 2.05) is 103 Å². The van der Waals surface area contributed by atoms with Gasteiger partial charge in [0.2, 0.25) is 0 Å². The van der Waals surface area contributed by atoms with Gasteiger partial charge in [0.15, 0.2) is 0 Å². The largest absolute Gasteiger partial charge is 0.444 e. The van der Waals surface area contributed by atoms with Crippen LogP contribution >= 0.6 is 0 Å². The molecule has 16 unspecified atom stereocenters. The Kier molecular flexibility index (Phi) is 42.4. The zero-order chi connectivity index (χ0) is 103. The smallest absolute Gasteiger partial charge is 0.407 e. The topological polar surface area (TPSA) is 299 Å². The quantitative estimate of drug-likeness (QED) is 0.0247. The van der Waals surface area contributed by atoms with Gasteiger partial charge in [-0.25, -0.2) is 19.2 Å². The molecule has 16 aliphatic rings. The van der Waals surface area contributed by atoms with Crippen LogP contribution in [0.2, 0.25) is 0 Å². The number of hydrogen-bond acceptors (Lipinski definition) is 21. The number of nitrogens with two attached hydrogens (primary N) is 2. The number of ketones is 1. The molecular weight excluding hydrogens is 1820 g/mol. The maximum absolute atomic E-state index is 12.1. The molecule has 6 aromatic carbocycles. The van der Waals surface area contributed by atoms with Gasteiger partial charge >= 0.3 is 24.4 Å². The van der Waals surface area contributed by atoms with Crippen LogP contribution in [-0.2, 0) is 63.0 Å². The van der Waals surface area contributed by atoms with Gasteiger partial charge in [0.05, 0.1) is 5.71 Å². The molecule has 8 aliphatic carbocycles. The molecule has 804 valence electrons. The number of likely N-dealkylation sites (tertiary alicyclic amines) is 6. The van der Waals surface area contributed by atoms with Crippen molar-refractivity contribution in [3.8, 4) is 0 Å². The fraction of sp³-hybridized carbons (Fsp3) is 0.653. The van der Waals surface area contributed by atoms with E-state index >= 15 is 0 Å². The van der Waals surface area contributed by atoms with Crippen molar-refractivity contribution in [3.05, 3.63) is 215 Å². The van der Waals surface area contributed by atoms with Gasteiger partial charge in [-0.05, 0) is 316 Å². The minimum Gasteiger partial charge on any atom is -0.444 e. The third kappa shape index (κ3) is 34.6. The summed E-state index contributed by atoms with van der Waals surface area (Å²) in [7, 11) is 0. The van der Waals surface area contributed by atoms with Gasteiger partial charge in [-0.15, -0.1) is 0 Å². The number of fused-ring (bicyclic) bond motifs is 16. The van der Waals surface area contributed by atoms with Crippen molar-refractivity contribution in [2.75, 3.05) is 105 Å². The van der Waals surface area contributed by atoms with E-state index in [1.54, 1.807) is 0 Å². The summed E-state index contributed by atoms with van der Waals surface area (Å²) < 4.78 is 21.4. The molecule has 0 radical (unpaired) electrons. The maximum Gasteiger partial charge on any atom is 0.407 e. The standard InChI is InChI=1S/2C19H28N2O2.C14H18N2O.2C14H20N2.C14H17NO.2C12H22N2O2.C2H6.CH4/c2*1-19(2,3)23-18(22)20-17-15-9-10-16(17)13-21(12-15)11-14-7-5-4-6-8-14;17-15-14-12-6-7-13(14)10-16(9-12)8-11-4-2-1-3-5-11;2*15-14-12-6-7-13(14)10-16(9-12)8-11-4-2-1-3-5-11;16-14-12-6-7-13(14)10-15(9-12)8-11-4-2-1-3-5-11;2*1-12(2,3)16-11(15)14-10-8-4-5-9(10)7-13-6-8;1-2;/h2*4-8,15-17H,9-13H2,1-3H3,(H,20,22);1-5,12-13,17H,6-10H2;2*1-5,12-14H,6-10,15H2;1-5,12-13H,6-10H2;2*8-10,13H,4-7H2,1-3H3,(H,14,15);1-2H3;1H4. The summed E-state index contributed by atoms with van der Waals surface area (Å²) in [6.07, 6.45) is 18.6. The monoisotopic (exact) mass is 2010 g/mol. The Morgan fingerprint density at radius 3 is 0.685 bits per heavy atom. The Bertz CT molecular complexity index is 4600. The summed E-state index contributed by atoms with van der Waals surface area (Å²) in [5, 5.41) is 31.7. The van der Waals surface area contributed by atoms with Crippen LogP contribution < -0.4 is 43.4 Å². The first-order valence-electron chi connectivity index (χ1n) is 55.8. The van der Waals surface area contributed by atoms with Gasteiger partial charge in [-0.3, -0.25) is 34.2 Å². The molecule has 16 bridgehead atoms. The minimum absolute atomic E-state index is 0. The molecule has 11 N–H and O–H groups in total. The second-order valence-electron chi connectivity index (χ2n) is 48.7. The highest BCUT2D eigenvalue weighted by Gasteiger charge is 2.49. The van der Waals surface area contributed by atoms with E-state index in [0.29, 0.717) is 101 Å². The van der Waals surface area contributed by atoms with Crippen LogP contribution in [0.4, 0.5) is 19.2 Å². The molecule has 8 saturated carbocycles. The molecule has 8 saturated heterocycles. The van der Waals surface area contributed by atoms with Crippen LogP contribution in [-0.4, -0.2) is 234 Å². The van der Waals surface area contributed by atoms with Gasteiger partial charge in [0.25, 0.3) is 0 Å². The third-order valence-corrected chi connectivity index (χ3v) is 32.9. The fourth-order valence-corrected chi connectivity index (χ4v) is 26.4. The second-order valence-corrected chi connectivity index (χ2v) is 48.7. The van der Waals surface area contributed by atoms with Crippen LogP contribution in [0.25, 0.3) is 0 Å². The number of nitrogens with zero attached hydrogens (tertiary/aromatic N) is 7. The number of benzene rings is 6. The number of carbonyl (C=O) groups excluding carboxylic acids is 5. The predicted molar refractivity (Wildman–Crippen MR) is 587 cm³/mol. The molecule has 8 aliphatic heterocycles. The molecule has 16 atom stereocenters. The molecule has 6 aromatic rings. The number of piperidine rings is 8. The minimum atomic E-state index is -0.433. The van der Waals surface area contributed by atoms with Gasteiger partial charge < -0.3 is 67.5 Å². The Labute approximate surface area is 876 Å². The number of oxime groups is 1. The Hall–Kier alpha value is -8.86. The lowest BCUT2D eigenvalue weighted by atomic mass is 9.92. The van der Waals surface area contributed by atoms with Crippen molar-refractivity contribution in [2.45, 2.75) is 305 Å². The lowest BCUT2D eigenvalue weighted by Crippen LogP contribution is -2.53. The summed E-state index contributed by atoms with van der Waals surface area (Å²) >= 11 is 0. The number of alkyl carbamates (subject to hydrolysis) is 4. The van der Waals surface area contributed by atoms with Crippen molar-refractivity contribution in [3.63, 3.8) is 0 Å². The first-order chi connectivity index (χ1) is 69.6. The molecule has 16 fully saturated rings. The van der Waals surface area contributed by atoms with Crippen molar-refractivity contribution in [1.82, 2.24) is 61.3 Å². The van der Waals surface area contributed by atoms with Crippen molar-refractivity contribution >= 4 is 35.9 Å². The van der Waals surface area contributed by atoms with Crippen LogP contribution in [0.1, 0.15) is 240 Å². The zero-order valence-electron chi connectivity index (χ0n) is 90.3. The van der Waals surface area contributed by atoms with E-state index in [2.05, 4.69) is 242 Å². The highest BCUT2D eigenvalue weighted by molar-refractivity contribution is 5.91. The number of amides is 4. The molecule has 8 heterocycles. The van der Waals surface area contributed by atoms with Gasteiger partial charge in [0.1, 0.15) is 28.2 Å². The van der Waals surface area contributed by atoms with Gasteiger partial charge in [-0.1, -0.05) is 208 Å². The number of ether oxygens (including phenoxy) is 4. The SMILES string of the molecule is C.CC.CC(C)(C)OC(=O)NC1C2CCC1CN(Cc1ccccc1)C2.CC(C)(C)OC(=O)NC1C2CCC1CN(Cc1ccccc1)C2.CC(C)(C)OC(=O)NC1C2CCC1CNC2.CC(C)(C)OC(=O)NC1C2CCC1CNC2.NC1C2CCC1CN(Cc1ccccc1)C2.NC1C2CCC1CN(Cc1ccccc1)C2.O=C1C2CCC1CN(Cc1ccccc1)C2.ON=C1C2CCC1CN(Cc1ccccc1)C2. The molecular formula is C121H185N15O10.